The van der Waals surface area contributed by atoms with Crippen molar-refractivity contribution in [2.45, 2.75) is 121 Å². The molecule has 0 radical (unpaired) electrons. The Morgan fingerprint density at radius 3 is 2.27 bits per heavy atom. The van der Waals surface area contributed by atoms with Gasteiger partial charge in [0.15, 0.2) is 0 Å². The maximum Gasteiger partial charge on any atom is 0.251 e. The van der Waals surface area contributed by atoms with Crippen molar-refractivity contribution in [1.29, 1.82) is 0 Å². The number of rotatable bonds is 20. The minimum Gasteiger partial charge on any atom is -0.497 e. The van der Waals surface area contributed by atoms with Gasteiger partial charge in [-0.2, -0.15) is 0 Å². The molecule has 3 aromatic carbocycles. The van der Waals surface area contributed by atoms with Crippen molar-refractivity contribution in [1.82, 2.24) is 45.1 Å². The molecule has 5 atom stereocenters. The third-order valence-electron chi connectivity index (χ3n) is 18.6. The highest BCUT2D eigenvalue weighted by Crippen LogP contribution is 2.43. The average molecular weight is 1140 g/mol. The van der Waals surface area contributed by atoms with Crippen LogP contribution in [0.15, 0.2) is 73.1 Å². The van der Waals surface area contributed by atoms with Crippen LogP contribution >= 0.6 is 11.6 Å². The first kappa shape index (κ1) is 59.3. The highest BCUT2D eigenvalue weighted by molar-refractivity contribution is 6.30. The van der Waals surface area contributed by atoms with E-state index in [2.05, 4.69) is 48.3 Å². The number of anilines is 1. The second kappa shape index (κ2) is 28.2. The summed E-state index contributed by atoms with van der Waals surface area (Å²) in [6.07, 6.45) is 11.5. The van der Waals surface area contributed by atoms with Crippen molar-refractivity contribution in [3.05, 3.63) is 112 Å². The number of aromatic nitrogens is 2. The van der Waals surface area contributed by atoms with Gasteiger partial charge in [0, 0.05) is 112 Å². The van der Waals surface area contributed by atoms with E-state index in [0.717, 1.165) is 149 Å². The van der Waals surface area contributed by atoms with E-state index in [1.807, 2.05) is 82.3 Å². The summed E-state index contributed by atoms with van der Waals surface area (Å²) in [4.78, 5) is 79.1. The molecule has 2 aliphatic carbocycles. The molecule has 0 bridgehead atoms. The number of hydrogen-bond acceptors (Lipinski definition) is 13. The van der Waals surface area contributed by atoms with Crippen LogP contribution in [0.2, 0.25) is 5.02 Å². The molecule has 1 unspecified atom stereocenters. The molecule has 4 aromatic rings. The summed E-state index contributed by atoms with van der Waals surface area (Å²) in [5.41, 5.74) is 5.33. The molecule has 1 saturated carbocycles. The van der Waals surface area contributed by atoms with Crippen LogP contribution in [0.5, 0.6) is 11.5 Å². The molecule has 6 aliphatic rings. The Hall–Kier alpha value is -5.85. The van der Waals surface area contributed by atoms with Crippen LogP contribution in [0, 0.1) is 11.8 Å². The van der Waals surface area contributed by atoms with Crippen molar-refractivity contribution < 1.29 is 33.8 Å². The Kier molecular flexibility index (Phi) is 20.4. The number of aliphatic hydroxyl groups excluding tert-OH is 1. The number of piperazine rings is 2. The molecule has 4 aliphatic heterocycles. The summed E-state index contributed by atoms with van der Waals surface area (Å²) in [6.45, 7) is 15.9. The van der Waals surface area contributed by atoms with Gasteiger partial charge < -0.3 is 49.7 Å². The first-order chi connectivity index (χ1) is 39.9. The van der Waals surface area contributed by atoms with Gasteiger partial charge >= 0.3 is 0 Å². The average Bonchev–Trinajstić information content (AvgIpc) is 4.08. The second-order valence-corrected chi connectivity index (χ2v) is 24.4. The fourth-order valence-corrected chi connectivity index (χ4v) is 14.0. The molecule has 17 nitrogen and oxygen atoms in total. The minimum atomic E-state index is -0.568. The van der Waals surface area contributed by atoms with Crippen LogP contribution in [0.25, 0.3) is 0 Å². The number of carbonyl (C=O) groups excluding carboxylic acids is 4. The van der Waals surface area contributed by atoms with Gasteiger partial charge in [0.2, 0.25) is 17.7 Å². The van der Waals surface area contributed by atoms with Gasteiger partial charge in [0.25, 0.3) is 5.91 Å². The van der Waals surface area contributed by atoms with Gasteiger partial charge in [-0.25, -0.2) is 9.97 Å². The molecule has 10 rings (SSSR count). The Labute approximate surface area is 490 Å². The molecule has 1 aromatic heterocycles. The monoisotopic (exact) mass is 1140 g/mol. The number of ether oxygens (including phenoxy) is 2. The molecule has 4 amide bonds. The number of methoxy groups -OCH3 is 1. The summed E-state index contributed by atoms with van der Waals surface area (Å²) in [5.74, 6) is 3.08. The number of nitrogens with one attached hydrogen (secondary N) is 2. The van der Waals surface area contributed by atoms with Gasteiger partial charge in [-0.15, -0.1) is 0 Å². The smallest absolute Gasteiger partial charge is 0.251 e. The van der Waals surface area contributed by atoms with Crippen LogP contribution in [0.3, 0.4) is 0 Å². The largest absolute Gasteiger partial charge is 0.497 e. The Bertz CT molecular complexity index is 2790. The Morgan fingerprint density at radius 1 is 0.780 bits per heavy atom. The Balaban J connectivity index is 0.678. The number of aliphatic hydroxyl groups is 1. The Morgan fingerprint density at radius 2 is 1.52 bits per heavy atom. The summed E-state index contributed by atoms with van der Waals surface area (Å²) in [7, 11) is 1.63. The number of piperidine rings is 2. The minimum absolute atomic E-state index is 0.0412. The summed E-state index contributed by atoms with van der Waals surface area (Å²) < 4.78 is 11.2. The standard InChI is InChI=1S/C64H87ClN10O7/c1-4-82-56-38-53(81-3)20-17-50(56)39-66-40-57(77)75-24-9-14-51(42-75)48-12-8-13-49(37-48)62(78)69-59(47-10-6-5-7-11-47)64(80)74-30-28-71(29-31-74)41-45-21-25-70(26-22-45)27-23-54(46-15-18-52(65)19-16-46)63(79)73-34-32-72(33-35-73)61-58-44(2)36-55(76)60(58)67-43-68-61/h8,12-13,15-20,37-38,43-45,47,51,54-55,59,66,76H,4-7,9-11,14,21-36,39-42H2,1-3H3,(H,69,78)/t44-,51?,54-,55-,59-/m1/s1. The number of hydrogen-bond donors (Lipinski definition) is 3. The van der Waals surface area contributed by atoms with Crippen molar-refractivity contribution in [3.8, 4) is 11.5 Å². The SMILES string of the molecule is CCOc1cc(OC)ccc1CNCC(=O)N1CCCC(c2cccc(C(=O)N[C@@H](C(=O)N3CCN(CC4CCN(CC[C@@H](C(=O)N5CCN(c6ncnc7c6[C@H](C)C[C@H]7O)CC5)c5ccc(Cl)cc5)CC4)CC3)C3CCCCC3)c2)C1. The van der Waals surface area contributed by atoms with E-state index in [9.17, 15) is 24.3 Å². The lowest BCUT2D eigenvalue weighted by atomic mass is 9.83. The number of halogens is 1. The number of nitrogens with zero attached hydrogens (tertiary/aromatic N) is 8. The van der Waals surface area contributed by atoms with Crippen LogP contribution in [0.1, 0.15) is 147 Å². The number of fused-ring (bicyclic) bond motifs is 1. The summed E-state index contributed by atoms with van der Waals surface area (Å²) in [5, 5.41) is 17.9. The van der Waals surface area contributed by atoms with Crippen LogP contribution in [0.4, 0.5) is 5.82 Å². The zero-order chi connectivity index (χ0) is 57.1. The van der Waals surface area contributed by atoms with Crippen LogP contribution in [-0.4, -0.2) is 181 Å². The highest BCUT2D eigenvalue weighted by Gasteiger charge is 2.38. The fraction of sp³-hybridized carbons (Fsp3) is 0.594. The zero-order valence-corrected chi connectivity index (χ0v) is 49.4. The second-order valence-electron chi connectivity index (χ2n) is 23.9. The molecule has 82 heavy (non-hydrogen) atoms. The van der Waals surface area contributed by atoms with Gasteiger partial charge in [0.1, 0.15) is 29.7 Å². The molecule has 18 heteroatoms. The molecule has 0 spiro atoms. The van der Waals surface area contributed by atoms with Crippen LogP contribution in [-0.2, 0) is 20.9 Å². The zero-order valence-electron chi connectivity index (χ0n) is 48.6. The van der Waals surface area contributed by atoms with Gasteiger partial charge in [-0.1, -0.05) is 68.1 Å². The van der Waals surface area contributed by atoms with Gasteiger partial charge in [0.05, 0.1) is 38.0 Å². The number of likely N-dealkylation sites (tertiary alicyclic amines) is 2. The third-order valence-corrected chi connectivity index (χ3v) is 18.9. The van der Waals surface area contributed by atoms with Crippen molar-refractivity contribution >= 4 is 41.0 Å². The van der Waals surface area contributed by atoms with E-state index in [1.54, 1.807) is 13.4 Å². The fourth-order valence-electron chi connectivity index (χ4n) is 13.9. The number of amides is 4. The predicted octanol–water partition coefficient (Wildman–Crippen LogP) is 7.63. The van der Waals surface area contributed by atoms with Gasteiger partial charge in [-0.05, 0) is 137 Å². The molecular weight excluding hydrogens is 1060 g/mol. The normalized spacial score (nSPS) is 22.1. The lowest BCUT2D eigenvalue weighted by molar-refractivity contribution is -0.137. The maximum absolute atomic E-state index is 14.6. The van der Waals surface area contributed by atoms with E-state index in [4.69, 9.17) is 21.1 Å². The lowest BCUT2D eigenvalue weighted by Crippen LogP contribution is -2.57. The molecule has 4 saturated heterocycles. The molecule has 3 N–H and O–H groups in total. The lowest BCUT2D eigenvalue weighted by Gasteiger charge is -2.41. The van der Waals surface area contributed by atoms with E-state index >= 15 is 0 Å². The molecule has 5 heterocycles. The number of benzene rings is 3. The summed E-state index contributed by atoms with van der Waals surface area (Å²) in [6, 6.07) is 20.8. The highest BCUT2D eigenvalue weighted by atomic mass is 35.5. The quantitative estimate of drug-likeness (QED) is 0.0789. The van der Waals surface area contributed by atoms with E-state index in [-0.39, 0.29) is 53.8 Å². The number of carbonyl (C=O) groups is 4. The topological polar surface area (TPSA) is 176 Å². The third kappa shape index (κ3) is 14.5. The van der Waals surface area contributed by atoms with Crippen molar-refractivity contribution in [3.63, 3.8) is 0 Å². The van der Waals surface area contributed by atoms with E-state index < -0.39 is 12.1 Å². The maximum atomic E-state index is 14.6. The predicted molar refractivity (Wildman–Crippen MR) is 319 cm³/mol. The van der Waals surface area contributed by atoms with Crippen molar-refractivity contribution in [2.75, 3.05) is 117 Å². The first-order valence-electron chi connectivity index (χ1n) is 30.7. The molecular formula is C64H87ClN10O7. The van der Waals surface area contributed by atoms with E-state index in [0.29, 0.717) is 88.4 Å². The van der Waals surface area contributed by atoms with Crippen molar-refractivity contribution in [2.24, 2.45) is 11.8 Å². The summed E-state index contributed by atoms with van der Waals surface area (Å²) >= 11 is 6.34. The molecule has 442 valence electrons. The van der Waals surface area contributed by atoms with E-state index in [1.165, 1.54) is 0 Å². The molecule has 5 fully saturated rings. The first-order valence-corrected chi connectivity index (χ1v) is 31.0. The van der Waals surface area contributed by atoms with Crippen LogP contribution < -0.4 is 25.0 Å². The van der Waals surface area contributed by atoms with Gasteiger partial charge in [-0.3, -0.25) is 24.1 Å².